The summed E-state index contributed by atoms with van der Waals surface area (Å²) in [4.78, 5) is 12.4. The van der Waals surface area contributed by atoms with E-state index >= 15 is 0 Å². The number of ether oxygens (including phenoxy) is 1. The van der Waals surface area contributed by atoms with Crippen molar-refractivity contribution in [1.29, 1.82) is 0 Å². The van der Waals surface area contributed by atoms with Gasteiger partial charge in [-0.1, -0.05) is 12.1 Å². The van der Waals surface area contributed by atoms with Crippen LogP contribution in [0.4, 0.5) is 0 Å². The summed E-state index contributed by atoms with van der Waals surface area (Å²) in [6.07, 6.45) is 7.76. The molecule has 1 amide bonds. The molecular weight excluding hydrogens is 324 g/mol. The fraction of sp³-hybridized carbons (Fsp3) is 0.682. The van der Waals surface area contributed by atoms with Crippen molar-refractivity contribution in [3.05, 3.63) is 29.8 Å². The van der Waals surface area contributed by atoms with Crippen molar-refractivity contribution in [2.45, 2.75) is 89.9 Å². The molecule has 0 saturated carbocycles. The maximum Gasteiger partial charge on any atom is 0.220 e. The maximum absolute atomic E-state index is 12.4. The number of hydrogen-bond acceptors (Lipinski definition) is 3. The van der Waals surface area contributed by atoms with Crippen LogP contribution in [0.1, 0.15) is 64.9 Å². The lowest BCUT2D eigenvalue weighted by atomic mass is 9.89. The third-order valence-electron chi connectivity index (χ3n) is 5.61. The van der Waals surface area contributed by atoms with Gasteiger partial charge in [0.15, 0.2) is 0 Å². The molecule has 4 heteroatoms. The highest BCUT2D eigenvalue weighted by molar-refractivity contribution is 5.76. The van der Waals surface area contributed by atoms with Crippen LogP contribution in [0.2, 0.25) is 0 Å². The number of rotatable bonds is 8. The Labute approximate surface area is 158 Å². The molecule has 0 aliphatic carbocycles. The van der Waals surface area contributed by atoms with Crippen LogP contribution in [0.5, 0.6) is 5.75 Å². The van der Waals surface area contributed by atoms with E-state index in [9.17, 15) is 4.79 Å². The quantitative estimate of drug-likeness (QED) is 0.742. The summed E-state index contributed by atoms with van der Waals surface area (Å²) >= 11 is 0. The number of benzene rings is 1. The van der Waals surface area contributed by atoms with Crippen molar-refractivity contribution in [1.82, 2.24) is 10.6 Å². The van der Waals surface area contributed by atoms with Crippen LogP contribution < -0.4 is 15.4 Å². The molecule has 2 N–H and O–H groups in total. The average Bonchev–Trinajstić information content (AvgIpc) is 2.92. The second kappa shape index (κ2) is 8.90. The van der Waals surface area contributed by atoms with Gasteiger partial charge in [0.25, 0.3) is 0 Å². The van der Waals surface area contributed by atoms with E-state index < -0.39 is 0 Å². The van der Waals surface area contributed by atoms with Gasteiger partial charge in [-0.3, -0.25) is 4.79 Å². The lowest BCUT2D eigenvalue weighted by Gasteiger charge is -2.29. The van der Waals surface area contributed by atoms with E-state index in [1.807, 2.05) is 26.0 Å². The fourth-order valence-electron chi connectivity index (χ4n) is 4.40. The molecule has 1 aromatic rings. The van der Waals surface area contributed by atoms with E-state index in [4.69, 9.17) is 4.74 Å². The number of hydrogen-bond donors (Lipinski definition) is 2. The van der Waals surface area contributed by atoms with Crippen LogP contribution in [0.15, 0.2) is 24.3 Å². The zero-order valence-electron chi connectivity index (χ0n) is 16.5. The van der Waals surface area contributed by atoms with Crippen molar-refractivity contribution in [3.8, 4) is 5.75 Å². The third-order valence-corrected chi connectivity index (χ3v) is 5.61. The van der Waals surface area contributed by atoms with Crippen LogP contribution >= 0.6 is 0 Å². The average molecular weight is 359 g/mol. The first-order valence-electron chi connectivity index (χ1n) is 10.3. The van der Waals surface area contributed by atoms with Crippen molar-refractivity contribution in [2.24, 2.45) is 5.92 Å². The minimum atomic E-state index is 0.200. The lowest BCUT2D eigenvalue weighted by molar-refractivity contribution is -0.122. The van der Waals surface area contributed by atoms with Gasteiger partial charge in [0, 0.05) is 24.5 Å². The topological polar surface area (TPSA) is 50.4 Å². The van der Waals surface area contributed by atoms with Gasteiger partial charge >= 0.3 is 0 Å². The molecule has 3 unspecified atom stereocenters. The minimum absolute atomic E-state index is 0.200. The van der Waals surface area contributed by atoms with Gasteiger partial charge in [0.2, 0.25) is 5.91 Å². The summed E-state index contributed by atoms with van der Waals surface area (Å²) in [5, 5.41) is 6.85. The largest absolute Gasteiger partial charge is 0.491 e. The lowest BCUT2D eigenvalue weighted by Crippen LogP contribution is -2.40. The van der Waals surface area contributed by atoms with Crippen molar-refractivity contribution < 1.29 is 9.53 Å². The molecular formula is C22H34N2O2. The predicted octanol–water partition coefficient (Wildman–Crippen LogP) is 3.83. The van der Waals surface area contributed by atoms with Crippen molar-refractivity contribution in [3.63, 3.8) is 0 Å². The number of piperidine rings is 1. The zero-order valence-corrected chi connectivity index (χ0v) is 16.5. The monoisotopic (exact) mass is 358 g/mol. The molecule has 3 atom stereocenters. The Balaban J connectivity index is 1.36. The molecule has 2 bridgehead atoms. The normalized spacial score (nSPS) is 25.9. The molecule has 144 valence electrons. The molecule has 26 heavy (non-hydrogen) atoms. The van der Waals surface area contributed by atoms with E-state index in [1.165, 1.54) is 31.2 Å². The molecule has 2 aliphatic heterocycles. The molecule has 1 aromatic carbocycles. The fourth-order valence-corrected chi connectivity index (χ4v) is 4.40. The van der Waals surface area contributed by atoms with Crippen molar-refractivity contribution >= 4 is 5.91 Å². The smallest absolute Gasteiger partial charge is 0.220 e. The molecule has 0 radical (unpaired) electrons. The Morgan fingerprint density at radius 1 is 1.15 bits per heavy atom. The summed E-state index contributed by atoms with van der Waals surface area (Å²) in [5.41, 5.74) is 1.29. The SMILES string of the molecule is CC(CCc1ccc(OC(C)C)cc1)NC(=O)CC1CC2CCC(C1)N2. The van der Waals surface area contributed by atoms with Gasteiger partial charge in [-0.2, -0.15) is 0 Å². The molecule has 2 saturated heterocycles. The summed E-state index contributed by atoms with van der Waals surface area (Å²) in [7, 11) is 0. The van der Waals surface area contributed by atoms with Crippen molar-refractivity contribution in [2.75, 3.05) is 0 Å². The Morgan fingerprint density at radius 3 is 2.42 bits per heavy atom. The Hall–Kier alpha value is -1.55. The van der Waals surface area contributed by atoms with E-state index in [-0.39, 0.29) is 18.1 Å². The Kier molecular flexibility index (Phi) is 6.58. The maximum atomic E-state index is 12.4. The number of fused-ring (bicyclic) bond motifs is 2. The number of nitrogens with one attached hydrogen (secondary N) is 2. The Morgan fingerprint density at radius 2 is 1.81 bits per heavy atom. The van der Waals surface area contributed by atoms with Gasteiger partial charge in [0.1, 0.15) is 5.75 Å². The molecule has 2 heterocycles. The molecule has 3 rings (SSSR count). The predicted molar refractivity (Wildman–Crippen MR) is 105 cm³/mol. The van der Waals surface area contributed by atoms with Gasteiger partial charge in [-0.15, -0.1) is 0 Å². The second-order valence-corrected chi connectivity index (χ2v) is 8.50. The summed E-state index contributed by atoms with van der Waals surface area (Å²) in [6, 6.07) is 9.84. The molecule has 4 nitrogen and oxygen atoms in total. The summed E-state index contributed by atoms with van der Waals surface area (Å²) < 4.78 is 5.68. The van der Waals surface area contributed by atoms with Gasteiger partial charge in [-0.25, -0.2) is 0 Å². The molecule has 0 aromatic heterocycles. The van der Waals surface area contributed by atoms with E-state index in [2.05, 4.69) is 29.7 Å². The molecule has 2 fully saturated rings. The highest BCUT2D eigenvalue weighted by Gasteiger charge is 2.34. The minimum Gasteiger partial charge on any atom is -0.491 e. The van der Waals surface area contributed by atoms with Crippen LogP contribution in [0, 0.1) is 5.92 Å². The third kappa shape index (κ3) is 5.73. The van der Waals surface area contributed by atoms with Gasteiger partial charge in [-0.05, 0) is 82.9 Å². The first kappa shape index (κ1) is 19.2. The first-order chi connectivity index (χ1) is 12.5. The van der Waals surface area contributed by atoms with Crippen LogP contribution in [-0.4, -0.2) is 30.1 Å². The number of carbonyl (C=O) groups is 1. The standard InChI is InChI=1S/C22H34N2O2/c1-15(2)26-21-10-6-17(7-11-21)5-4-16(3)23-22(25)14-18-12-19-8-9-20(13-18)24-19/h6-7,10-11,15-16,18-20,24H,4-5,8-9,12-14H2,1-3H3,(H,23,25). The zero-order chi connectivity index (χ0) is 18.5. The summed E-state index contributed by atoms with van der Waals surface area (Å²) in [6.45, 7) is 6.18. The highest BCUT2D eigenvalue weighted by atomic mass is 16.5. The number of carbonyl (C=O) groups excluding carboxylic acids is 1. The van der Waals surface area contributed by atoms with Crippen LogP contribution in [-0.2, 0) is 11.2 Å². The van der Waals surface area contributed by atoms with E-state index in [0.29, 0.717) is 24.4 Å². The molecule has 2 aliphatic rings. The number of amides is 1. The highest BCUT2D eigenvalue weighted by Crippen LogP contribution is 2.32. The Bertz CT molecular complexity index is 572. The summed E-state index contributed by atoms with van der Waals surface area (Å²) in [5.74, 6) is 1.71. The van der Waals surface area contributed by atoms with Gasteiger partial charge in [0.05, 0.1) is 6.10 Å². The van der Waals surface area contributed by atoms with E-state index in [1.54, 1.807) is 0 Å². The first-order valence-corrected chi connectivity index (χ1v) is 10.3. The number of aryl methyl sites for hydroxylation is 1. The van der Waals surface area contributed by atoms with E-state index in [0.717, 1.165) is 18.6 Å². The second-order valence-electron chi connectivity index (χ2n) is 8.50. The van der Waals surface area contributed by atoms with Gasteiger partial charge < -0.3 is 15.4 Å². The van der Waals surface area contributed by atoms with Crippen LogP contribution in [0.3, 0.4) is 0 Å². The van der Waals surface area contributed by atoms with Crippen LogP contribution in [0.25, 0.3) is 0 Å². The molecule has 0 spiro atoms.